The Balaban J connectivity index is 2.20. The Morgan fingerprint density at radius 2 is 1.90 bits per heavy atom. The molecule has 0 heterocycles. The number of carbonyl (C=O) groups is 1. The first-order valence-electron chi connectivity index (χ1n) is 6.72. The summed E-state index contributed by atoms with van der Waals surface area (Å²) in [6.45, 7) is 2.62. The second-order valence-corrected chi connectivity index (χ2v) is 5.74. The van der Waals surface area contributed by atoms with E-state index in [1.165, 1.54) is 11.8 Å². The van der Waals surface area contributed by atoms with Crippen LogP contribution in [0.4, 0.5) is 0 Å². The van der Waals surface area contributed by atoms with Crippen LogP contribution >= 0.6 is 23.4 Å². The highest BCUT2D eigenvalue weighted by Gasteiger charge is 2.08. The molecule has 0 unspecified atom stereocenters. The summed E-state index contributed by atoms with van der Waals surface area (Å²) >= 11 is 7.44. The Bertz CT molecular complexity index is 623. The van der Waals surface area contributed by atoms with Crippen molar-refractivity contribution in [1.29, 1.82) is 0 Å². The highest BCUT2D eigenvalue weighted by Crippen LogP contribution is 2.23. The normalized spacial score (nSPS) is 10.4. The average molecular weight is 321 g/mol. The summed E-state index contributed by atoms with van der Waals surface area (Å²) in [5, 5.41) is 0.737. The molecule has 0 N–H and O–H groups in total. The van der Waals surface area contributed by atoms with E-state index in [4.69, 9.17) is 16.3 Å². The molecule has 21 heavy (non-hydrogen) atoms. The van der Waals surface area contributed by atoms with Crippen LogP contribution in [0.3, 0.4) is 0 Å². The molecule has 0 bridgehead atoms. The first-order chi connectivity index (χ1) is 10.1. The molecule has 2 aromatic rings. The summed E-state index contributed by atoms with van der Waals surface area (Å²) in [6, 6.07) is 13.4. The number of ether oxygens (including phenoxy) is 1. The van der Waals surface area contributed by atoms with Gasteiger partial charge in [-0.25, -0.2) is 0 Å². The molecule has 0 saturated carbocycles. The van der Waals surface area contributed by atoms with Gasteiger partial charge in [-0.1, -0.05) is 35.5 Å². The van der Waals surface area contributed by atoms with Crippen molar-refractivity contribution in [1.82, 2.24) is 0 Å². The smallest absolute Gasteiger partial charge is 0.219 e. The Morgan fingerprint density at radius 3 is 2.52 bits per heavy atom. The number of carbonyl (C=O) groups excluding carboxylic acids is 1. The number of hydrogen-bond donors (Lipinski definition) is 0. The van der Waals surface area contributed by atoms with Crippen LogP contribution in [0, 0.1) is 0 Å². The topological polar surface area (TPSA) is 26.3 Å². The third kappa shape index (κ3) is 4.26. The van der Waals surface area contributed by atoms with Crippen LogP contribution in [0.25, 0.3) is 0 Å². The summed E-state index contributed by atoms with van der Waals surface area (Å²) in [6.07, 6.45) is 2.48. The summed E-state index contributed by atoms with van der Waals surface area (Å²) in [4.78, 5) is 11.7. The molecule has 0 atom stereocenters. The molecule has 0 amide bonds. The number of halogens is 1. The lowest BCUT2D eigenvalue weighted by molar-refractivity contribution is 0.108. The SMILES string of the molecule is CCOc1ccc(Cc2cc(C(=O)SC)ccc2Cl)cc1. The fourth-order valence-corrected chi connectivity index (χ4v) is 2.59. The van der Waals surface area contributed by atoms with Gasteiger partial charge in [0.05, 0.1) is 6.61 Å². The van der Waals surface area contributed by atoms with Crippen LogP contribution in [-0.4, -0.2) is 18.0 Å². The van der Waals surface area contributed by atoms with Crippen LogP contribution in [0.5, 0.6) is 5.75 Å². The third-order valence-corrected chi connectivity index (χ3v) is 4.07. The maximum atomic E-state index is 11.7. The molecule has 0 radical (unpaired) electrons. The summed E-state index contributed by atoms with van der Waals surface area (Å²) in [7, 11) is 0. The first-order valence-corrected chi connectivity index (χ1v) is 8.32. The van der Waals surface area contributed by atoms with E-state index in [1.807, 2.05) is 37.3 Å². The van der Waals surface area contributed by atoms with Gasteiger partial charge in [0.25, 0.3) is 0 Å². The van der Waals surface area contributed by atoms with Crippen molar-refractivity contribution in [3.8, 4) is 5.75 Å². The predicted molar refractivity (Wildman–Crippen MR) is 89.7 cm³/mol. The molecule has 0 spiro atoms. The van der Waals surface area contributed by atoms with E-state index in [1.54, 1.807) is 18.4 Å². The largest absolute Gasteiger partial charge is 0.494 e. The molecular formula is C17H17ClO2S. The Labute approximate surface area is 134 Å². The predicted octanol–water partition coefficient (Wildman–Crippen LogP) is 4.83. The molecule has 110 valence electrons. The summed E-state index contributed by atoms with van der Waals surface area (Å²) in [5.74, 6) is 0.860. The van der Waals surface area contributed by atoms with Gasteiger partial charge < -0.3 is 4.74 Å². The monoisotopic (exact) mass is 320 g/mol. The molecule has 0 saturated heterocycles. The molecule has 2 rings (SSSR count). The van der Waals surface area contributed by atoms with Gasteiger partial charge >= 0.3 is 0 Å². The fraction of sp³-hybridized carbons (Fsp3) is 0.235. The average Bonchev–Trinajstić information content (AvgIpc) is 2.51. The van der Waals surface area contributed by atoms with Crippen molar-refractivity contribution < 1.29 is 9.53 Å². The maximum absolute atomic E-state index is 11.7. The number of thioether (sulfide) groups is 1. The minimum atomic E-state index is 0.0552. The van der Waals surface area contributed by atoms with E-state index >= 15 is 0 Å². The lowest BCUT2D eigenvalue weighted by Crippen LogP contribution is -1.97. The van der Waals surface area contributed by atoms with Crippen LogP contribution < -0.4 is 4.74 Å². The van der Waals surface area contributed by atoms with Crippen molar-refractivity contribution in [2.75, 3.05) is 12.9 Å². The first kappa shape index (κ1) is 15.9. The van der Waals surface area contributed by atoms with Crippen molar-refractivity contribution in [2.45, 2.75) is 13.3 Å². The number of benzene rings is 2. The van der Waals surface area contributed by atoms with Crippen LogP contribution in [0.1, 0.15) is 28.4 Å². The Kier molecular flexibility index (Phi) is 5.71. The second-order valence-electron chi connectivity index (χ2n) is 4.55. The molecular weight excluding hydrogens is 304 g/mol. The van der Waals surface area contributed by atoms with Gasteiger partial charge in [0, 0.05) is 10.6 Å². The molecule has 0 fully saturated rings. The van der Waals surface area contributed by atoms with Crippen LogP contribution in [-0.2, 0) is 6.42 Å². The molecule has 2 aromatic carbocycles. The van der Waals surface area contributed by atoms with Crippen molar-refractivity contribution in [3.05, 3.63) is 64.2 Å². The summed E-state index contributed by atoms with van der Waals surface area (Å²) in [5.41, 5.74) is 2.78. The molecule has 0 aliphatic carbocycles. The standard InChI is InChI=1S/C17H17ClO2S/c1-3-20-15-7-4-12(5-8-15)10-14-11-13(17(19)21-2)6-9-16(14)18/h4-9,11H,3,10H2,1-2H3. The van der Waals surface area contributed by atoms with E-state index in [0.29, 0.717) is 23.6 Å². The lowest BCUT2D eigenvalue weighted by atomic mass is 10.0. The Hall–Kier alpha value is -1.45. The third-order valence-electron chi connectivity index (χ3n) is 3.10. The quantitative estimate of drug-likeness (QED) is 0.789. The molecule has 0 aromatic heterocycles. The van der Waals surface area contributed by atoms with E-state index in [0.717, 1.165) is 16.9 Å². The Morgan fingerprint density at radius 1 is 1.19 bits per heavy atom. The van der Waals surface area contributed by atoms with Crippen molar-refractivity contribution >= 4 is 28.5 Å². The van der Waals surface area contributed by atoms with E-state index in [-0.39, 0.29) is 5.12 Å². The number of hydrogen-bond acceptors (Lipinski definition) is 3. The lowest BCUT2D eigenvalue weighted by Gasteiger charge is -2.08. The van der Waals surface area contributed by atoms with Gasteiger partial charge in [0.1, 0.15) is 5.75 Å². The zero-order valence-corrected chi connectivity index (χ0v) is 13.6. The van der Waals surface area contributed by atoms with Crippen molar-refractivity contribution in [3.63, 3.8) is 0 Å². The van der Waals surface area contributed by atoms with Crippen LogP contribution in [0.15, 0.2) is 42.5 Å². The van der Waals surface area contributed by atoms with E-state index in [2.05, 4.69) is 0 Å². The van der Waals surface area contributed by atoms with Gasteiger partial charge in [-0.2, -0.15) is 0 Å². The molecule has 2 nitrogen and oxygen atoms in total. The minimum Gasteiger partial charge on any atom is -0.494 e. The second kappa shape index (κ2) is 7.53. The van der Waals surface area contributed by atoms with Gasteiger partial charge in [-0.3, -0.25) is 4.79 Å². The van der Waals surface area contributed by atoms with Crippen LogP contribution in [0.2, 0.25) is 5.02 Å². The highest BCUT2D eigenvalue weighted by molar-refractivity contribution is 8.13. The fourth-order valence-electron chi connectivity index (χ4n) is 2.05. The molecule has 4 heteroatoms. The van der Waals surface area contributed by atoms with Gasteiger partial charge in [0.15, 0.2) is 0 Å². The van der Waals surface area contributed by atoms with Crippen molar-refractivity contribution in [2.24, 2.45) is 0 Å². The zero-order chi connectivity index (χ0) is 15.2. The van der Waals surface area contributed by atoms with Gasteiger partial charge in [0.2, 0.25) is 5.12 Å². The van der Waals surface area contributed by atoms with E-state index in [9.17, 15) is 4.79 Å². The molecule has 0 aliphatic rings. The minimum absolute atomic E-state index is 0.0552. The highest BCUT2D eigenvalue weighted by atomic mass is 35.5. The summed E-state index contributed by atoms with van der Waals surface area (Å²) < 4.78 is 5.43. The maximum Gasteiger partial charge on any atom is 0.219 e. The molecule has 0 aliphatic heterocycles. The number of rotatable bonds is 5. The zero-order valence-electron chi connectivity index (χ0n) is 12.1. The van der Waals surface area contributed by atoms with Gasteiger partial charge in [-0.15, -0.1) is 0 Å². The van der Waals surface area contributed by atoms with E-state index < -0.39 is 0 Å². The van der Waals surface area contributed by atoms with Gasteiger partial charge in [-0.05, 0) is 61.1 Å².